The minimum absolute atomic E-state index is 0.633. The largest absolute Gasteiger partial charge is 0.396 e. The van der Waals surface area contributed by atoms with E-state index in [1.807, 2.05) is 25.1 Å². The standard InChI is InChI=1S/C12H11ClN4/c1-6-10(12-9(14)5-15-17-12)7-3-2-4-8(13)11(7)16-6/h2-5,16H,14H2,1H3,(H,15,17). The number of aryl methyl sites for hydroxylation is 1. The fraction of sp³-hybridized carbons (Fsp3) is 0.0833. The summed E-state index contributed by atoms with van der Waals surface area (Å²) in [5.74, 6) is 0. The van der Waals surface area contributed by atoms with Crippen LogP contribution in [0.2, 0.25) is 5.02 Å². The molecule has 1 aromatic carbocycles. The summed E-state index contributed by atoms with van der Waals surface area (Å²) in [5, 5.41) is 8.62. The molecule has 0 aliphatic carbocycles. The number of aromatic amines is 2. The number of para-hydroxylation sites is 1. The maximum Gasteiger partial charge on any atom is 0.0904 e. The van der Waals surface area contributed by atoms with Crippen molar-refractivity contribution < 1.29 is 0 Å². The normalized spacial score (nSPS) is 11.2. The van der Waals surface area contributed by atoms with Crippen molar-refractivity contribution in [3.63, 3.8) is 0 Å². The molecule has 0 aliphatic heterocycles. The summed E-state index contributed by atoms with van der Waals surface area (Å²) < 4.78 is 0. The molecule has 3 aromatic rings. The molecule has 2 heterocycles. The van der Waals surface area contributed by atoms with Crippen molar-refractivity contribution in [2.75, 3.05) is 5.73 Å². The second kappa shape index (κ2) is 3.53. The monoisotopic (exact) mass is 246 g/mol. The molecule has 0 fully saturated rings. The fourth-order valence-electron chi connectivity index (χ4n) is 2.13. The zero-order chi connectivity index (χ0) is 12.0. The molecule has 0 unspecified atom stereocenters. The van der Waals surface area contributed by atoms with Gasteiger partial charge in [-0.15, -0.1) is 0 Å². The number of benzene rings is 1. The van der Waals surface area contributed by atoms with Crippen LogP contribution in [-0.2, 0) is 0 Å². The molecule has 5 heteroatoms. The highest BCUT2D eigenvalue weighted by atomic mass is 35.5. The van der Waals surface area contributed by atoms with Crippen LogP contribution >= 0.6 is 11.6 Å². The van der Waals surface area contributed by atoms with Crippen LogP contribution in [0.4, 0.5) is 5.69 Å². The quantitative estimate of drug-likeness (QED) is 0.617. The van der Waals surface area contributed by atoms with Gasteiger partial charge in [-0.1, -0.05) is 23.7 Å². The molecule has 0 atom stereocenters. The van der Waals surface area contributed by atoms with Crippen molar-refractivity contribution in [3.8, 4) is 11.3 Å². The number of fused-ring (bicyclic) bond motifs is 1. The molecule has 0 saturated carbocycles. The first-order valence-electron chi connectivity index (χ1n) is 5.24. The van der Waals surface area contributed by atoms with E-state index in [9.17, 15) is 0 Å². The lowest BCUT2D eigenvalue weighted by molar-refractivity contribution is 1.09. The molecule has 86 valence electrons. The molecule has 17 heavy (non-hydrogen) atoms. The Kier molecular flexibility index (Phi) is 2.12. The predicted octanol–water partition coefficient (Wildman–Crippen LogP) is 3.10. The summed E-state index contributed by atoms with van der Waals surface area (Å²) in [7, 11) is 0. The van der Waals surface area contributed by atoms with Crippen molar-refractivity contribution in [1.29, 1.82) is 0 Å². The van der Waals surface area contributed by atoms with E-state index in [-0.39, 0.29) is 0 Å². The summed E-state index contributed by atoms with van der Waals surface area (Å²) >= 11 is 6.16. The summed E-state index contributed by atoms with van der Waals surface area (Å²) in [6, 6.07) is 5.80. The van der Waals surface area contributed by atoms with Gasteiger partial charge in [-0.05, 0) is 13.0 Å². The average Bonchev–Trinajstić information content (AvgIpc) is 2.83. The zero-order valence-corrected chi connectivity index (χ0v) is 9.97. The SMILES string of the molecule is Cc1[nH]c2c(Cl)cccc2c1-c1[nH]ncc1N. The number of nitrogens with two attached hydrogens (primary N) is 1. The number of H-pyrrole nitrogens is 2. The van der Waals surface area contributed by atoms with Gasteiger partial charge in [0.05, 0.1) is 28.1 Å². The Bertz CT molecular complexity index is 696. The topological polar surface area (TPSA) is 70.5 Å². The minimum Gasteiger partial charge on any atom is -0.396 e. The van der Waals surface area contributed by atoms with Crippen LogP contribution in [0, 0.1) is 6.92 Å². The van der Waals surface area contributed by atoms with Gasteiger partial charge in [0.25, 0.3) is 0 Å². The van der Waals surface area contributed by atoms with Crippen molar-refractivity contribution in [3.05, 3.63) is 35.1 Å². The molecule has 4 nitrogen and oxygen atoms in total. The minimum atomic E-state index is 0.633. The third-order valence-corrected chi connectivity index (χ3v) is 3.20. The van der Waals surface area contributed by atoms with Crippen molar-refractivity contribution in [2.24, 2.45) is 0 Å². The molecule has 2 aromatic heterocycles. The van der Waals surface area contributed by atoms with E-state index in [1.54, 1.807) is 6.20 Å². The van der Waals surface area contributed by atoms with Gasteiger partial charge in [0.2, 0.25) is 0 Å². The van der Waals surface area contributed by atoms with Crippen LogP contribution in [0.3, 0.4) is 0 Å². The second-order valence-electron chi connectivity index (χ2n) is 3.99. The van der Waals surface area contributed by atoms with E-state index >= 15 is 0 Å². The molecule has 0 amide bonds. The first-order chi connectivity index (χ1) is 8.18. The number of nitrogen functional groups attached to an aromatic ring is 1. The van der Waals surface area contributed by atoms with Gasteiger partial charge in [0.15, 0.2) is 0 Å². The first-order valence-corrected chi connectivity index (χ1v) is 5.62. The summed E-state index contributed by atoms with van der Waals surface area (Å²) in [6.07, 6.45) is 1.61. The van der Waals surface area contributed by atoms with Gasteiger partial charge < -0.3 is 10.7 Å². The molecule has 0 saturated heterocycles. The van der Waals surface area contributed by atoms with E-state index in [0.717, 1.165) is 27.9 Å². The summed E-state index contributed by atoms with van der Waals surface area (Å²) in [4.78, 5) is 3.28. The Balaban J connectivity index is 2.41. The molecule has 0 radical (unpaired) electrons. The maximum absolute atomic E-state index is 6.16. The van der Waals surface area contributed by atoms with E-state index in [4.69, 9.17) is 17.3 Å². The average molecular weight is 247 g/mol. The lowest BCUT2D eigenvalue weighted by Crippen LogP contribution is -1.87. The highest BCUT2D eigenvalue weighted by molar-refractivity contribution is 6.35. The van der Waals surface area contributed by atoms with E-state index < -0.39 is 0 Å². The van der Waals surface area contributed by atoms with E-state index in [2.05, 4.69) is 15.2 Å². The van der Waals surface area contributed by atoms with Crippen LogP contribution in [0.1, 0.15) is 5.69 Å². The van der Waals surface area contributed by atoms with Gasteiger partial charge in [0, 0.05) is 16.6 Å². The Labute approximate surface area is 103 Å². The summed E-state index contributed by atoms with van der Waals surface area (Å²) in [6.45, 7) is 1.99. The molecule has 0 spiro atoms. The maximum atomic E-state index is 6.16. The number of aromatic nitrogens is 3. The Morgan fingerprint density at radius 3 is 2.88 bits per heavy atom. The van der Waals surface area contributed by atoms with Gasteiger partial charge in [-0.2, -0.15) is 5.10 Å². The van der Waals surface area contributed by atoms with Gasteiger partial charge >= 0.3 is 0 Å². The molecular weight excluding hydrogens is 236 g/mol. The molecule has 3 rings (SSSR count). The van der Waals surface area contributed by atoms with Crippen LogP contribution in [0.15, 0.2) is 24.4 Å². The fourth-order valence-corrected chi connectivity index (χ4v) is 2.35. The Hall–Kier alpha value is -1.94. The number of nitrogens with one attached hydrogen (secondary N) is 2. The van der Waals surface area contributed by atoms with Crippen LogP contribution in [0.5, 0.6) is 0 Å². The summed E-state index contributed by atoms with van der Waals surface area (Å²) in [5.41, 5.74) is 10.3. The number of hydrogen-bond acceptors (Lipinski definition) is 2. The highest BCUT2D eigenvalue weighted by Crippen LogP contribution is 2.36. The third-order valence-electron chi connectivity index (χ3n) is 2.89. The van der Waals surface area contributed by atoms with Gasteiger partial charge in [-0.25, -0.2) is 0 Å². The predicted molar refractivity (Wildman–Crippen MR) is 70.0 cm³/mol. The molecule has 4 N–H and O–H groups in total. The van der Waals surface area contributed by atoms with Crippen LogP contribution in [-0.4, -0.2) is 15.2 Å². The van der Waals surface area contributed by atoms with Crippen molar-refractivity contribution in [2.45, 2.75) is 6.92 Å². The smallest absolute Gasteiger partial charge is 0.0904 e. The molecular formula is C12H11ClN4. The van der Waals surface area contributed by atoms with Gasteiger partial charge in [-0.3, -0.25) is 5.10 Å². The second-order valence-corrected chi connectivity index (χ2v) is 4.39. The lowest BCUT2D eigenvalue weighted by atomic mass is 10.1. The van der Waals surface area contributed by atoms with Gasteiger partial charge in [0.1, 0.15) is 0 Å². The highest BCUT2D eigenvalue weighted by Gasteiger charge is 2.15. The zero-order valence-electron chi connectivity index (χ0n) is 9.21. The van der Waals surface area contributed by atoms with E-state index in [1.165, 1.54) is 0 Å². The number of hydrogen-bond donors (Lipinski definition) is 3. The molecule has 0 aliphatic rings. The number of nitrogens with zero attached hydrogens (tertiary/aromatic N) is 1. The Morgan fingerprint density at radius 2 is 2.18 bits per heavy atom. The first kappa shape index (κ1) is 10.2. The lowest BCUT2D eigenvalue weighted by Gasteiger charge is -1.99. The van der Waals surface area contributed by atoms with Crippen molar-refractivity contribution in [1.82, 2.24) is 15.2 Å². The molecule has 0 bridgehead atoms. The third kappa shape index (κ3) is 1.41. The Morgan fingerprint density at radius 1 is 1.35 bits per heavy atom. The number of rotatable bonds is 1. The number of anilines is 1. The van der Waals surface area contributed by atoms with Crippen LogP contribution < -0.4 is 5.73 Å². The van der Waals surface area contributed by atoms with Crippen LogP contribution in [0.25, 0.3) is 22.2 Å². The number of halogens is 1. The van der Waals surface area contributed by atoms with E-state index in [0.29, 0.717) is 10.7 Å². The van der Waals surface area contributed by atoms with Crippen molar-refractivity contribution >= 4 is 28.2 Å².